The van der Waals surface area contributed by atoms with Crippen molar-refractivity contribution in [3.05, 3.63) is 0 Å². The van der Waals surface area contributed by atoms with E-state index in [1.807, 2.05) is 0 Å². The summed E-state index contributed by atoms with van der Waals surface area (Å²) in [4.78, 5) is 0. The van der Waals surface area contributed by atoms with Gasteiger partial charge in [0.2, 0.25) is 0 Å². The first-order valence-corrected chi connectivity index (χ1v) is 7.95. The predicted octanol–water partition coefficient (Wildman–Crippen LogP) is -3.94. The number of hydrogen-bond donors (Lipinski definition) is 8. The fraction of sp³-hybridized carbons (Fsp3) is 1.00. The van der Waals surface area contributed by atoms with E-state index in [1.54, 1.807) is 0 Å². The van der Waals surface area contributed by atoms with E-state index in [2.05, 4.69) is 5.32 Å². The molecule has 0 bridgehead atoms. The van der Waals surface area contributed by atoms with Crippen molar-refractivity contribution in [3.8, 4) is 0 Å². The summed E-state index contributed by atoms with van der Waals surface area (Å²) in [5.41, 5.74) is 0. The van der Waals surface area contributed by atoms with Gasteiger partial charge in [0.25, 0.3) is 0 Å². The first-order valence-electron chi connectivity index (χ1n) is 7.95. The molecule has 0 amide bonds. The Morgan fingerprint density at radius 1 is 0.800 bits per heavy atom. The lowest BCUT2D eigenvalue weighted by Crippen LogP contribution is -2.66. The van der Waals surface area contributed by atoms with Gasteiger partial charge >= 0.3 is 0 Å². The van der Waals surface area contributed by atoms with Gasteiger partial charge < -0.3 is 50.5 Å². The Morgan fingerprint density at radius 3 is 1.92 bits per heavy atom. The van der Waals surface area contributed by atoms with E-state index >= 15 is 0 Å². The molecule has 10 atom stereocenters. The first-order chi connectivity index (χ1) is 11.3. The summed E-state index contributed by atoms with van der Waals surface area (Å²) in [6, 6.07) is -1.44. The van der Waals surface area contributed by atoms with Crippen LogP contribution in [0.4, 0.5) is 0 Å². The van der Waals surface area contributed by atoms with E-state index < -0.39 is 67.7 Å². The Hall–Kier alpha value is -0.110. The molecule has 150 valence electrons. The van der Waals surface area contributed by atoms with Gasteiger partial charge in [0.15, 0.2) is 6.29 Å². The van der Waals surface area contributed by atoms with E-state index in [0.717, 1.165) is 0 Å². The summed E-state index contributed by atoms with van der Waals surface area (Å²) >= 11 is 0. The van der Waals surface area contributed by atoms with Gasteiger partial charge in [-0.3, -0.25) is 0 Å². The number of hydrogen-bond acceptors (Lipinski definition) is 10. The second-order valence-corrected chi connectivity index (χ2v) is 6.36. The summed E-state index contributed by atoms with van der Waals surface area (Å²) < 4.78 is 10.3. The molecule has 0 saturated carbocycles. The molecule has 10 unspecified atom stereocenters. The lowest BCUT2D eigenvalue weighted by Gasteiger charge is -2.43. The third-order valence-electron chi connectivity index (χ3n) is 4.81. The molecule has 10 nitrogen and oxygen atoms in total. The molecule has 0 aliphatic carbocycles. The summed E-state index contributed by atoms with van der Waals surface area (Å²) in [5.74, 6) is 0. The zero-order valence-electron chi connectivity index (χ0n) is 13.8. The Balaban J connectivity index is 0.00000312. The lowest BCUT2D eigenvalue weighted by molar-refractivity contribution is -0.291. The Labute approximate surface area is 151 Å². The quantitative estimate of drug-likeness (QED) is 0.232. The number of rotatable bonds is 5. The van der Waals surface area contributed by atoms with Crippen LogP contribution in [0, 0.1) is 0 Å². The molecule has 8 N–H and O–H groups in total. The fourth-order valence-electron chi connectivity index (χ4n) is 3.26. The molecule has 25 heavy (non-hydrogen) atoms. The van der Waals surface area contributed by atoms with Crippen molar-refractivity contribution >= 4 is 12.4 Å². The van der Waals surface area contributed by atoms with E-state index in [1.165, 1.54) is 7.11 Å². The molecule has 0 aromatic rings. The van der Waals surface area contributed by atoms with Gasteiger partial charge in [0, 0.05) is 13.2 Å². The number of halogens is 1. The molecule has 2 aliphatic rings. The van der Waals surface area contributed by atoms with Crippen molar-refractivity contribution in [1.29, 1.82) is 0 Å². The highest BCUT2D eigenvalue weighted by molar-refractivity contribution is 5.85. The third kappa shape index (κ3) is 4.79. The topological polar surface area (TPSA) is 172 Å². The summed E-state index contributed by atoms with van der Waals surface area (Å²) in [5, 5.41) is 71.2. The number of aliphatic hydroxyl groups is 7. The molecule has 2 rings (SSSR count). The zero-order valence-corrected chi connectivity index (χ0v) is 14.6. The number of methoxy groups -OCH3 is 1. The van der Waals surface area contributed by atoms with Crippen molar-refractivity contribution in [3.63, 3.8) is 0 Å². The van der Waals surface area contributed by atoms with Crippen LogP contribution in [0.1, 0.15) is 12.8 Å². The van der Waals surface area contributed by atoms with E-state index in [9.17, 15) is 35.7 Å². The SMILES string of the molecule is COC1OC(CCC2NC(CO)C(O)C(O)C2O)C(O)C(O)C1O.Cl. The summed E-state index contributed by atoms with van der Waals surface area (Å²) in [6.45, 7) is -0.416. The fourth-order valence-corrected chi connectivity index (χ4v) is 3.26. The second kappa shape index (κ2) is 9.72. The first kappa shape index (κ1) is 22.9. The normalized spacial score (nSPS) is 48.0. The molecule has 0 spiro atoms. The zero-order chi connectivity index (χ0) is 18.0. The predicted molar refractivity (Wildman–Crippen MR) is 86.0 cm³/mol. The van der Waals surface area contributed by atoms with Crippen LogP contribution in [-0.2, 0) is 9.47 Å². The van der Waals surface area contributed by atoms with Crippen molar-refractivity contribution in [2.75, 3.05) is 13.7 Å². The Morgan fingerprint density at radius 2 is 1.36 bits per heavy atom. The van der Waals surface area contributed by atoms with Crippen molar-refractivity contribution in [2.24, 2.45) is 0 Å². The van der Waals surface area contributed by atoms with E-state index in [0.29, 0.717) is 0 Å². The molecular weight excluding hydrogens is 362 g/mol. The monoisotopic (exact) mass is 389 g/mol. The molecule has 11 heteroatoms. The average molecular weight is 390 g/mol. The van der Waals surface area contributed by atoms with Crippen molar-refractivity contribution in [1.82, 2.24) is 5.32 Å². The minimum Gasteiger partial charge on any atom is -0.395 e. The average Bonchev–Trinajstić information content (AvgIpc) is 2.58. The van der Waals surface area contributed by atoms with Gasteiger partial charge in [-0.25, -0.2) is 0 Å². The number of ether oxygens (including phenoxy) is 2. The van der Waals surface area contributed by atoms with Gasteiger partial charge in [0.1, 0.15) is 24.4 Å². The highest BCUT2D eigenvalue weighted by Gasteiger charge is 2.45. The smallest absolute Gasteiger partial charge is 0.186 e. The Bertz CT molecular complexity index is 366. The van der Waals surface area contributed by atoms with Crippen LogP contribution in [-0.4, -0.2) is 111 Å². The molecule has 2 aliphatic heterocycles. The number of piperidine rings is 1. The van der Waals surface area contributed by atoms with Gasteiger partial charge in [0.05, 0.1) is 31.0 Å². The van der Waals surface area contributed by atoms with Gasteiger partial charge in [-0.1, -0.05) is 0 Å². The molecule has 2 fully saturated rings. The van der Waals surface area contributed by atoms with E-state index in [4.69, 9.17) is 9.47 Å². The van der Waals surface area contributed by atoms with Crippen molar-refractivity contribution in [2.45, 2.75) is 73.9 Å². The van der Waals surface area contributed by atoms with Gasteiger partial charge in [-0.15, -0.1) is 12.4 Å². The van der Waals surface area contributed by atoms with E-state index in [-0.39, 0.29) is 25.2 Å². The molecule has 2 saturated heterocycles. The summed E-state index contributed by atoms with van der Waals surface area (Å²) in [6.07, 6.45) is -9.66. The second-order valence-electron chi connectivity index (χ2n) is 6.36. The summed E-state index contributed by atoms with van der Waals surface area (Å²) in [7, 11) is 1.30. The van der Waals surface area contributed by atoms with Crippen LogP contribution in [0.5, 0.6) is 0 Å². The largest absolute Gasteiger partial charge is 0.395 e. The number of nitrogens with one attached hydrogen (secondary N) is 1. The molecule has 2 heterocycles. The molecule has 0 radical (unpaired) electrons. The maximum Gasteiger partial charge on any atom is 0.186 e. The highest BCUT2D eigenvalue weighted by Crippen LogP contribution is 2.26. The van der Waals surface area contributed by atoms with Crippen molar-refractivity contribution < 1.29 is 45.2 Å². The van der Waals surface area contributed by atoms with Crippen LogP contribution in [0.2, 0.25) is 0 Å². The lowest BCUT2D eigenvalue weighted by atomic mass is 9.86. The maximum atomic E-state index is 10.0. The molecule has 0 aromatic carbocycles. The minimum atomic E-state index is -1.43. The Kier molecular flexibility index (Phi) is 8.91. The molecule has 0 aromatic heterocycles. The minimum absolute atomic E-state index is 0. The van der Waals surface area contributed by atoms with Gasteiger partial charge in [-0.2, -0.15) is 0 Å². The van der Waals surface area contributed by atoms with Crippen LogP contribution in [0.3, 0.4) is 0 Å². The van der Waals surface area contributed by atoms with Crippen LogP contribution in [0.25, 0.3) is 0 Å². The van der Waals surface area contributed by atoms with Crippen LogP contribution < -0.4 is 5.32 Å². The van der Waals surface area contributed by atoms with Gasteiger partial charge in [-0.05, 0) is 12.8 Å². The highest BCUT2D eigenvalue weighted by atomic mass is 35.5. The standard InChI is InChI=1S/C14H27NO9.ClH/c1-23-14-13(22)12(21)10(19)7(24-14)3-2-5-8(17)11(20)9(18)6(4-16)15-5;/h5-22H,2-4H2,1H3;1H. The van der Waals surface area contributed by atoms with Crippen LogP contribution >= 0.6 is 12.4 Å². The number of aliphatic hydroxyl groups excluding tert-OH is 7. The van der Waals surface area contributed by atoms with Crippen LogP contribution in [0.15, 0.2) is 0 Å². The molecular formula is C14H28ClNO9. The maximum absolute atomic E-state index is 10.0. The third-order valence-corrected chi connectivity index (χ3v) is 4.81.